The van der Waals surface area contributed by atoms with E-state index in [1.54, 1.807) is 11.0 Å². The van der Waals surface area contributed by atoms with Crippen LogP contribution in [-0.4, -0.2) is 73.7 Å². The molecule has 2 fully saturated rings. The summed E-state index contributed by atoms with van der Waals surface area (Å²) in [5.41, 5.74) is 1.73. The second kappa shape index (κ2) is 11.7. The molecule has 0 unspecified atom stereocenters. The van der Waals surface area contributed by atoms with Crippen LogP contribution in [0.25, 0.3) is 0 Å². The molecular weight excluding hydrogens is 462 g/mol. The Morgan fingerprint density at radius 3 is 2.42 bits per heavy atom. The van der Waals surface area contributed by atoms with Gasteiger partial charge in [-0.2, -0.15) is 5.26 Å². The third-order valence-corrected chi connectivity index (χ3v) is 6.92. The van der Waals surface area contributed by atoms with Gasteiger partial charge in [0.25, 0.3) is 0 Å². The first kappa shape index (κ1) is 25.3. The molecular formula is C26H31N5O5. The number of nitriles is 1. The molecule has 0 aromatic heterocycles. The molecule has 1 amide bonds. The van der Waals surface area contributed by atoms with Gasteiger partial charge in [0.05, 0.1) is 23.3 Å². The zero-order valence-corrected chi connectivity index (χ0v) is 20.5. The second-order valence-corrected chi connectivity index (χ2v) is 9.17. The van der Waals surface area contributed by atoms with E-state index in [2.05, 4.69) is 15.9 Å². The Kier molecular flexibility index (Phi) is 8.23. The van der Waals surface area contributed by atoms with Gasteiger partial charge >= 0.3 is 11.8 Å². The number of hydrogen-bond donors (Lipinski definition) is 0. The zero-order valence-electron chi connectivity index (χ0n) is 20.5. The molecule has 190 valence electrons. The Bertz CT molecular complexity index is 1100. The number of benzene rings is 2. The van der Waals surface area contributed by atoms with Crippen molar-refractivity contribution in [2.45, 2.75) is 19.4 Å². The number of nitrogens with zero attached hydrogens (tertiary/aromatic N) is 5. The molecule has 0 bridgehead atoms. The van der Waals surface area contributed by atoms with Crippen molar-refractivity contribution in [1.82, 2.24) is 9.80 Å². The highest BCUT2D eigenvalue weighted by Gasteiger charge is 2.28. The summed E-state index contributed by atoms with van der Waals surface area (Å²) < 4.78 is 10.7. The van der Waals surface area contributed by atoms with Crippen molar-refractivity contribution in [1.29, 1.82) is 5.26 Å². The molecule has 2 aliphatic rings. The summed E-state index contributed by atoms with van der Waals surface area (Å²) in [4.78, 5) is 29.5. The summed E-state index contributed by atoms with van der Waals surface area (Å²) in [6.07, 6.45) is 1.63. The highest BCUT2D eigenvalue weighted by atomic mass is 16.6. The van der Waals surface area contributed by atoms with E-state index in [-0.39, 0.29) is 29.7 Å². The number of amides is 1. The molecule has 0 atom stereocenters. The number of methoxy groups -OCH3 is 1. The van der Waals surface area contributed by atoms with Crippen molar-refractivity contribution in [3.05, 3.63) is 63.7 Å². The molecule has 2 saturated heterocycles. The van der Waals surface area contributed by atoms with E-state index in [1.807, 2.05) is 30.3 Å². The molecule has 2 aliphatic heterocycles. The van der Waals surface area contributed by atoms with E-state index in [4.69, 9.17) is 9.47 Å². The monoisotopic (exact) mass is 493 g/mol. The minimum Gasteiger partial charge on any atom is -0.490 e. The van der Waals surface area contributed by atoms with Crippen molar-refractivity contribution < 1.29 is 19.2 Å². The van der Waals surface area contributed by atoms with Gasteiger partial charge in [-0.1, -0.05) is 30.3 Å². The van der Waals surface area contributed by atoms with Gasteiger partial charge in [0.2, 0.25) is 0 Å². The fourth-order valence-corrected chi connectivity index (χ4v) is 4.86. The minimum atomic E-state index is -0.532. The summed E-state index contributed by atoms with van der Waals surface area (Å²) in [6.45, 7) is 5.78. The summed E-state index contributed by atoms with van der Waals surface area (Å²) in [5.74, 6) is 0.675. The molecule has 2 aromatic carbocycles. The Morgan fingerprint density at radius 2 is 1.81 bits per heavy atom. The number of carbonyl (C=O) groups excluding carboxylic acids is 1. The average Bonchev–Trinajstić information content (AvgIpc) is 2.92. The lowest BCUT2D eigenvalue weighted by atomic mass is 9.96. The predicted octanol–water partition coefficient (Wildman–Crippen LogP) is 3.65. The predicted molar refractivity (Wildman–Crippen MR) is 134 cm³/mol. The van der Waals surface area contributed by atoms with Gasteiger partial charge in [-0.3, -0.25) is 15.0 Å². The van der Waals surface area contributed by atoms with Crippen LogP contribution in [0.2, 0.25) is 0 Å². The second-order valence-electron chi connectivity index (χ2n) is 9.17. The van der Waals surface area contributed by atoms with Crippen molar-refractivity contribution in [2.75, 3.05) is 57.8 Å². The van der Waals surface area contributed by atoms with E-state index in [0.717, 1.165) is 51.1 Å². The molecule has 0 saturated carbocycles. The minimum absolute atomic E-state index is 0.158. The molecule has 2 aromatic rings. The van der Waals surface area contributed by atoms with Crippen LogP contribution < -0.4 is 9.64 Å². The van der Waals surface area contributed by atoms with Crippen LogP contribution in [0, 0.1) is 27.4 Å². The first-order chi connectivity index (χ1) is 17.5. The van der Waals surface area contributed by atoms with E-state index >= 15 is 0 Å². The molecule has 10 heteroatoms. The highest BCUT2D eigenvalue weighted by molar-refractivity contribution is 5.68. The van der Waals surface area contributed by atoms with Gasteiger partial charge in [0, 0.05) is 57.9 Å². The standard InChI is InChI=1S/C26H31N5O5/c1-35-25-16-23(22(17-27)15-24(25)31(33)34)29-13-11-28(12-14-29)18-20-7-9-30(10-8-20)26(32)36-19-21-5-3-2-4-6-21/h2-6,15-16,20H,7-14,18-19H2,1H3. The first-order valence-electron chi connectivity index (χ1n) is 12.2. The highest BCUT2D eigenvalue weighted by Crippen LogP contribution is 2.35. The molecule has 2 heterocycles. The largest absolute Gasteiger partial charge is 0.490 e. The number of piperazine rings is 1. The Morgan fingerprint density at radius 1 is 1.11 bits per heavy atom. The zero-order chi connectivity index (χ0) is 25.5. The average molecular weight is 494 g/mol. The maximum Gasteiger partial charge on any atom is 0.410 e. The maximum atomic E-state index is 12.4. The molecule has 10 nitrogen and oxygen atoms in total. The number of likely N-dealkylation sites (tertiary alicyclic amines) is 1. The van der Waals surface area contributed by atoms with Crippen LogP contribution >= 0.6 is 0 Å². The van der Waals surface area contributed by atoms with E-state index in [1.165, 1.54) is 13.2 Å². The van der Waals surface area contributed by atoms with Crippen molar-refractivity contribution >= 4 is 17.5 Å². The number of nitro groups is 1. The molecule has 0 aliphatic carbocycles. The van der Waals surface area contributed by atoms with Crippen LogP contribution in [0.3, 0.4) is 0 Å². The summed E-state index contributed by atoms with van der Waals surface area (Å²) in [7, 11) is 1.39. The third-order valence-electron chi connectivity index (χ3n) is 6.92. The normalized spacial score (nSPS) is 16.9. The van der Waals surface area contributed by atoms with E-state index < -0.39 is 4.92 Å². The van der Waals surface area contributed by atoms with Crippen LogP contribution in [0.4, 0.5) is 16.2 Å². The summed E-state index contributed by atoms with van der Waals surface area (Å²) >= 11 is 0. The Labute approximate surface area is 210 Å². The maximum absolute atomic E-state index is 12.4. The first-order valence-corrected chi connectivity index (χ1v) is 12.2. The molecule has 0 N–H and O–H groups in total. The number of ether oxygens (including phenoxy) is 2. The van der Waals surface area contributed by atoms with Gasteiger partial charge in [-0.15, -0.1) is 0 Å². The van der Waals surface area contributed by atoms with E-state index in [0.29, 0.717) is 24.7 Å². The van der Waals surface area contributed by atoms with Crippen LogP contribution in [0.15, 0.2) is 42.5 Å². The lowest BCUT2D eigenvalue weighted by Gasteiger charge is -2.39. The van der Waals surface area contributed by atoms with Gasteiger partial charge in [0.1, 0.15) is 12.7 Å². The molecule has 4 rings (SSSR count). The number of anilines is 1. The number of rotatable bonds is 7. The van der Waals surface area contributed by atoms with Gasteiger partial charge in [-0.25, -0.2) is 4.79 Å². The molecule has 36 heavy (non-hydrogen) atoms. The summed E-state index contributed by atoms with van der Waals surface area (Å²) in [5, 5.41) is 20.8. The van der Waals surface area contributed by atoms with Gasteiger partial charge in [-0.05, 0) is 24.3 Å². The smallest absolute Gasteiger partial charge is 0.410 e. The quantitative estimate of drug-likeness (QED) is 0.424. The third kappa shape index (κ3) is 6.04. The van der Waals surface area contributed by atoms with Crippen LogP contribution in [0.5, 0.6) is 5.75 Å². The number of carbonyl (C=O) groups is 1. The topological polar surface area (TPSA) is 112 Å². The van der Waals surface area contributed by atoms with Crippen molar-refractivity contribution in [3.63, 3.8) is 0 Å². The summed E-state index contributed by atoms with van der Waals surface area (Å²) in [6, 6.07) is 14.7. The van der Waals surface area contributed by atoms with Crippen LogP contribution in [0.1, 0.15) is 24.0 Å². The lowest BCUT2D eigenvalue weighted by molar-refractivity contribution is -0.385. The number of hydrogen-bond acceptors (Lipinski definition) is 8. The number of piperidine rings is 1. The fourth-order valence-electron chi connectivity index (χ4n) is 4.86. The Hall–Kier alpha value is -3.84. The molecule has 0 spiro atoms. The Balaban J connectivity index is 1.24. The van der Waals surface area contributed by atoms with Gasteiger partial charge in [0.15, 0.2) is 5.75 Å². The van der Waals surface area contributed by atoms with Crippen molar-refractivity contribution in [3.8, 4) is 11.8 Å². The van der Waals surface area contributed by atoms with Crippen LogP contribution in [-0.2, 0) is 11.3 Å². The van der Waals surface area contributed by atoms with E-state index in [9.17, 15) is 20.2 Å². The molecule has 0 radical (unpaired) electrons. The number of nitro benzene ring substituents is 1. The lowest BCUT2D eigenvalue weighted by Crippen LogP contribution is -2.49. The SMILES string of the molecule is COc1cc(N2CCN(CC3CCN(C(=O)OCc4ccccc4)CC3)CC2)c(C#N)cc1[N+](=O)[O-]. The fraction of sp³-hybridized carbons (Fsp3) is 0.462. The van der Waals surface area contributed by atoms with Gasteiger partial charge < -0.3 is 19.3 Å². The van der Waals surface area contributed by atoms with Crippen molar-refractivity contribution in [2.24, 2.45) is 5.92 Å².